The van der Waals surface area contributed by atoms with E-state index in [0.717, 1.165) is 16.9 Å². The first-order valence-corrected chi connectivity index (χ1v) is 8.41. The van der Waals surface area contributed by atoms with Gasteiger partial charge in [-0.2, -0.15) is 0 Å². The molecule has 0 aliphatic rings. The lowest BCUT2D eigenvalue weighted by molar-refractivity contribution is 0.0948. The van der Waals surface area contributed by atoms with Crippen molar-refractivity contribution in [1.82, 2.24) is 10.3 Å². The molecule has 3 rings (SSSR count). The number of phenols is 1. The van der Waals surface area contributed by atoms with Gasteiger partial charge in [-0.3, -0.25) is 9.78 Å². The van der Waals surface area contributed by atoms with Crippen LogP contribution in [0.25, 0.3) is 0 Å². The smallest absolute Gasteiger partial charge is 0.255 e. The third-order valence-corrected chi connectivity index (χ3v) is 3.95. The molecule has 0 aliphatic heterocycles. The van der Waals surface area contributed by atoms with Crippen LogP contribution in [0, 0.1) is 0 Å². The number of phenolic OH excluding ortho intramolecular Hbond substituents is 1. The highest BCUT2D eigenvalue weighted by molar-refractivity contribution is 5.96. The highest BCUT2D eigenvalue weighted by Gasteiger charge is 2.11. The Balaban J connectivity index is 1.53. The van der Waals surface area contributed by atoms with Crippen LogP contribution < -0.4 is 14.8 Å². The van der Waals surface area contributed by atoms with Crippen LogP contribution in [-0.4, -0.2) is 23.1 Å². The molecule has 0 bridgehead atoms. The number of amides is 1. The third kappa shape index (κ3) is 4.98. The van der Waals surface area contributed by atoms with Gasteiger partial charge in [0.15, 0.2) is 0 Å². The lowest BCUT2D eigenvalue weighted by Crippen LogP contribution is -2.22. The monoisotopic (exact) mass is 364 g/mol. The fourth-order valence-corrected chi connectivity index (χ4v) is 2.46. The average molecular weight is 364 g/mol. The number of hydrogen-bond donors (Lipinski definition) is 2. The Labute approximate surface area is 157 Å². The Bertz CT molecular complexity index is 896. The Morgan fingerprint density at radius 2 is 1.85 bits per heavy atom. The van der Waals surface area contributed by atoms with Crippen molar-refractivity contribution in [2.24, 2.45) is 0 Å². The third-order valence-electron chi connectivity index (χ3n) is 3.95. The molecule has 6 heteroatoms. The van der Waals surface area contributed by atoms with Gasteiger partial charge in [-0.1, -0.05) is 18.2 Å². The van der Waals surface area contributed by atoms with Crippen molar-refractivity contribution in [1.29, 1.82) is 0 Å². The molecule has 6 nitrogen and oxygen atoms in total. The maximum Gasteiger partial charge on any atom is 0.255 e. The maximum atomic E-state index is 12.2. The van der Waals surface area contributed by atoms with Gasteiger partial charge in [-0.05, 0) is 35.9 Å². The zero-order chi connectivity index (χ0) is 19.1. The van der Waals surface area contributed by atoms with E-state index in [9.17, 15) is 9.90 Å². The summed E-state index contributed by atoms with van der Waals surface area (Å²) in [5.41, 5.74) is 2.12. The molecule has 0 aliphatic carbocycles. The van der Waals surface area contributed by atoms with Crippen molar-refractivity contribution >= 4 is 5.91 Å². The number of aromatic hydroxyl groups is 1. The van der Waals surface area contributed by atoms with E-state index in [-0.39, 0.29) is 17.2 Å². The van der Waals surface area contributed by atoms with E-state index >= 15 is 0 Å². The fraction of sp³-hybridized carbons (Fsp3) is 0.143. The maximum absolute atomic E-state index is 12.2. The van der Waals surface area contributed by atoms with Crippen LogP contribution in [0.5, 0.6) is 17.2 Å². The summed E-state index contributed by atoms with van der Waals surface area (Å²) in [7, 11) is 1.50. The van der Waals surface area contributed by atoms with E-state index in [0.29, 0.717) is 18.9 Å². The summed E-state index contributed by atoms with van der Waals surface area (Å²) in [6.45, 7) is 0.786. The summed E-state index contributed by atoms with van der Waals surface area (Å²) >= 11 is 0. The number of hydrogen-bond acceptors (Lipinski definition) is 5. The molecular weight excluding hydrogens is 344 g/mol. The summed E-state index contributed by atoms with van der Waals surface area (Å²) in [5, 5.41) is 12.7. The van der Waals surface area contributed by atoms with Gasteiger partial charge in [0.25, 0.3) is 5.91 Å². The molecule has 0 spiro atoms. The quantitative estimate of drug-likeness (QED) is 0.672. The molecule has 0 fully saturated rings. The molecule has 2 aromatic carbocycles. The molecule has 27 heavy (non-hydrogen) atoms. The molecular formula is C21H20N2O4. The molecule has 138 valence electrons. The molecule has 2 N–H and O–H groups in total. The largest absolute Gasteiger partial charge is 0.507 e. The number of benzene rings is 2. The fourth-order valence-electron chi connectivity index (χ4n) is 2.46. The number of rotatable bonds is 7. The summed E-state index contributed by atoms with van der Waals surface area (Å²) < 4.78 is 10.7. The number of carbonyl (C=O) groups is 1. The molecule has 0 atom stereocenters. The van der Waals surface area contributed by atoms with Crippen molar-refractivity contribution in [3.8, 4) is 17.2 Å². The number of aromatic nitrogens is 1. The van der Waals surface area contributed by atoms with Gasteiger partial charge in [0.1, 0.15) is 23.9 Å². The van der Waals surface area contributed by atoms with Gasteiger partial charge < -0.3 is 19.9 Å². The van der Waals surface area contributed by atoms with E-state index in [2.05, 4.69) is 10.3 Å². The lowest BCUT2D eigenvalue weighted by Gasteiger charge is -2.09. The second-order valence-electron chi connectivity index (χ2n) is 5.86. The summed E-state index contributed by atoms with van der Waals surface area (Å²) in [4.78, 5) is 16.3. The molecule has 0 saturated carbocycles. The van der Waals surface area contributed by atoms with Crippen LogP contribution in [0.4, 0.5) is 0 Å². The van der Waals surface area contributed by atoms with Crippen molar-refractivity contribution < 1.29 is 19.4 Å². The summed E-state index contributed by atoms with van der Waals surface area (Å²) in [6, 6.07) is 15.8. The first kappa shape index (κ1) is 18.3. The lowest BCUT2D eigenvalue weighted by atomic mass is 10.1. The van der Waals surface area contributed by atoms with E-state index in [1.54, 1.807) is 18.5 Å². The number of ether oxygens (including phenoxy) is 2. The molecule has 0 radical (unpaired) electrons. The van der Waals surface area contributed by atoms with Gasteiger partial charge >= 0.3 is 0 Å². The molecule has 1 amide bonds. The minimum absolute atomic E-state index is 0.119. The van der Waals surface area contributed by atoms with Crippen LogP contribution in [-0.2, 0) is 13.2 Å². The van der Waals surface area contributed by atoms with E-state index in [1.165, 1.54) is 19.2 Å². The van der Waals surface area contributed by atoms with Crippen molar-refractivity contribution in [3.05, 3.63) is 83.7 Å². The minimum atomic E-state index is -0.355. The van der Waals surface area contributed by atoms with Gasteiger partial charge in [-0.15, -0.1) is 0 Å². The number of pyridine rings is 1. The number of nitrogens with zero attached hydrogens (tertiary/aromatic N) is 1. The first-order chi connectivity index (χ1) is 13.2. The standard InChI is InChI=1S/C21H20N2O4/c1-26-18-8-9-19(20(24)11-18)21(25)23-13-15-4-6-17(7-5-15)27-14-16-3-2-10-22-12-16/h2-12,24H,13-14H2,1H3,(H,23,25). The summed E-state index contributed by atoms with van der Waals surface area (Å²) in [5.74, 6) is 0.755. The van der Waals surface area contributed by atoms with Crippen LogP contribution in [0.1, 0.15) is 21.5 Å². The zero-order valence-corrected chi connectivity index (χ0v) is 14.9. The zero-order valence-electron chi connectivity index (χ0n) is 14.9. The number of carbonyl (C=O) groups excluding carboxylic acids is 1. The highest BCUT2D eigenvalue weighted by atomic mass is 16.5. The topological polar surface area (TPSA) is 80.7 Å². The average Bonchev–Trinajstić information content (AvgIpc) is 2.72. The molecule has 0 saturated heterocycles. The van der Waals surface area contributed by atoms with Crippen molar-refractivity contribution in [3.63, 3.8) is 0 Å². The van der Waals surface area contributed by atoms with E-state index < -0.39 is 0 Å². The van der Waals surface area contributed by atoms with E-state index in [4.69, 9.17) is 9.47 Å². The van der Waals surface area contributed by atoms with Crippen LogP contribution in [0.3, 0.4) is 0 Å². The molecule has 3 aromatic rings. The van der Waals surface area contributed by atoms with Crippen LogP contribution >= 0.6 is 0 Å². The second kappa shape index (κ2) is 8.71. The van der Waals surface area contributed by atoms with Crippen molar-refractivity contribution in [2.75, 3.05) is 7.11 Å². The normalized spacial score (nSPS) is 10.3. The summed E-state index contributed by atoms with van der Waals surface area (Å²) in [6.07, 6.45) is 3.48. The Kier molecular flexibility index (Phi) is 5.89. The SMILES string of the molecule is COc1ccc(C(=O)NCc2ccc(OCc3cccnc3)cc2)c(O)c1. The second-order valence-corrected chi connectivity index (χ2v) is 5.86. The Morgan fingerprint density at radius 1 is 1.07 bits per heavy atom. The molecule has 1 aromatic heterocycles. The Morgan fingerprint density at radius 3 is 2.52 bits per heavy atom. The molecule has 1 heterocycles. The van der Waals surface area contributed by atoms with Crippen molar-refractivity contribution in [2.45, 2.75) is 13.2 Å². The van der Waals surface area contributed by atoms with Crippen LogP contribution in [0.2, 0.25) is 0 Å². The van der Waals surface area contributed by atoms with Gasteiger partial charge in [0.05, 0.1) is 12.7 Å². The van der Waals surface area contributed by atoms with Gasteiger partial charge in [0, 0.05) is 30.6 Å². The first-order valence-electron chi connectivity index (χ1n) is 8.41. The van der Waals surface area contributed by atoms with Crippen LogP contribution in [0.15, 0.2) is 67.0 Å². The number of methoxy groups -OCH3 is 1. The highest BCUT2D eigenvalue weighted by Crippen LogP contribution is 2.23. The Hall–Kier alpha value is -3.54. The van der Waals surface area contributed by atoms with E-state index in [1.807, 2.05) is 36.4 Å². The predicted molar refractivity (Wildman–Crippen MR) is 101 cm³/mol. The minimum Gasteiger partial charge on any atom is -0.507 e. The molecule has 0 unspecified atom stereocenters. The predicted octanol–water partition coefficient (Wildman–Crippen LogP) is 3.30. The van der Waals surface area contributed by atoms with Gasteiger partial charge in [-0.25, -0.2) is 0 Å². The number of nitrogens with one attached hydrogen (secondary N) is 1. The van der Waals surface area contributed by atoms with Gasteiger partial charge in [0.2, 0.25) is 0 Å².